The van der Waals surface area contributed by atoms with E-state index in [0.29, 0.717) is 0 Å². The highest BCUT2D eigenvalue weighted by Crippen LogP contribution is 2.30. The zero-order valence-electron chi connectivity index (χ0n) is 14.7. The zero-order chi connectivity index (χ0) is 18.2. The Kier molecular flexibility index (Phi) is 3.98. The molecule has 0 unspecified atom stereocenters. The van der Waals surface area contributed by atoms with E-state index in [1.165, 1.54) is 16.5 Å². The molecular formula is C22H19ClN4. The molecule has 0 saturated carbocycles. The summed E-state index contributed by atoms with van der Waals surface area (Å²) in [6.07, 6.45) is 11.1. The summed E-state index contributed by atoms with van der Waals surface area (Å²) in [5.41, 5.74) is 5.70. The van der Waals surface area contributed by atoms with E-state index < -0.39 is 0 Å². The van der Waals surface area contributed by atoms with Crippen molar-refractivity contribution in [1.29, 1.82) is 0 Å². The van der Waals surface area contributed by atoms with Gasteiger partial charge in [-0.15, -0.1) is 0 Å². The number of H-pyrrole nitrogens is 2. The summed E-state index contributed by atoms with van der Waals surface area (Å²) < 4.78 is 0. The molecule has 0 amide bonds. The highest BCUT2D eigenvalue weighted by Gasteiger charge is 2.16. The third-order valence-corrected chi connectivity index (χ3v) is 5.54. The van der Waals surface area contributed by atoms with Crippen LogP contribution in [0.2, 0.25) is 0 Å². The van der Waals surface area contributed by atoms with Gasteiger partial charge in [-0.3, -0.25) is 0 Å². The Morgan fingerprint density at radius 2 is 1.93 bits per heavy atom. The SMILES string of the molecule is ClC1=CC(c2c[nH]c3ncccc23)=CCN1CCc1c[nH]c2ccccc12. The quantitative estimate of drug-likeness (QED) is 0.490. The van der Waals surface area contributed by atoms with Gasteiger partial charge in [0.25, 0.3) is 0 Å². The molecule has 1 aliphatic heterocycles. The molecule has 5 rings (SSSR count). The molecule has 5 heteroatoms. The van der Waals surface area contributed by atoms with Gasteiger partial charge in [-0.1, -0.05) is 35.9 Å². The van der Waals surface area contributed by atoms with Crippen molar-refractivity contribution in [2.75, 3.05) is 13.1 Å². The van der Waals surface area contributed by atoms with Crippen molar-refractivity contribution >= 4 is 39.1 Å². The van der Waals surface area contributed by atoms with Crippen LogP contribution in [0.3, 0.4) is 0 Å². The lowest BCUT2D eigenvalue weighted by atomic mass is 10.0. The molecule has 4 aromatic rings. The van der Waals surface area contributed by atoms with Crippen molar-refractivity contribution in [3.8, 4) is 0 Å². The molecule has 0 saturated heterocycles. The molecule has 0 bridgehead atoms. The first-order chi connectivity index (χ1) is 13.3. The minimum Gasteiger partial charge on any atom is -0.361 e. The van der Waals surface area contributed by atoms with Crippen LogP contribution in [0.25, 0.3) is 27.5 Å². The predicted octanol–water partition coefficient (Wildman–Crippen LogP) is 5.07. The molecule has 2 N–H and O–H groups in total. The fraction of sp³-hybridized carbons (Fsp3) is 0.136. The van der Waals surface area contributed by atoms with Gasteiger partial charge < -0.3 is 14.9 Å². The Labute approximate surface area is 162 Å². The van der Waals surface area contributed by atoms with E-state index in [2.05, 4.69) is 68.5 Å². The van der Waals surface area contributed by atoms with Crippen LogP contribution in [-0.4, -0.2) is 32.9 Å². The first-order valence-corrected chi connectivity index (χ1v) is 9.47. The van der Waals surface area contributed by atoms with E-state index in [4.69, 9.17) is 11.6 Å². The largest absolute Gasteiger partial charge is 0.361 e. The van der Waals surface area contributed by atoms with Crippen molar-refractivity contribution in [1.82, 2.24) is 19.9 Å². The summed E-state index contributed by atoms with van der Waals surface area (Å²) in [6, 6.07) is 12.5. The van der Waals surface area contributed by atoms with Gasteiger partial charge in [-0.2, -0.15) is 0 Å². The summed E-state index contributed by atoms with van der Waals surface area (Å²) >= 11 is 6.62. The van der Waals surface area contributed by atoms with Gasteiger partial charge in [-0.25, -0.2) is 4.98 Å². The fourth-order valence-corrected chi connectivity index (χ4v) is 4.02. The lowest BCUT2D eigenvalue weighted by Crippen LogP contribution is -2.25. The summed E-state index contributed by atoms with van der Waals surface area (Å²) in [6.45, 7) is 1.69. The number of pyridine rings is 1. The molecule has 0 spiro atoms. The molecule has 27 heavy (non-hydrogen) atoms. The van der Waals surface area contributed by atoms with Gasteiger partial charge in [-0.05, 0) is 41.8 Å². The Bertz CT molecular complexity index is 1180. The summed E-state index contributed by atoms with van der Waals surface area (Å²) in [5, 5.41) is 3.19. The highest BCUT2D eigenvalue weighted by atomic mass is 35.5. The Balaban J connectivity index is 1.33. The third kappa shape index (κ3) is 2.92. The van der Waals surface area contributed by atoms with Crippen LogP contribution >= 0.6 is 11.6 Å². The van der Waals surface area contributed by atoms with Gasteiger partial charge in [0.2, 0.25) is 0 Å². The van der Waals surface area contributed by atoms with Crippen LogP contribution in [-0.2, 0) is 6.42 Å². The number of nitrogens with zero attached hydrogens (tertiary/aromatic N) is 2. The molecule has 4 nitrogen and oxygen atoms in total. The molecule has 1 aliphatic rings. The van der Waals surface area contributed by atoms with Crippen LogP contribution in [0.5, 0.6) is 0 Å². The maximum absolute atomic E-state index is 6.62. The van der Waals surface area contributed by atoms with Crippen LogP contribution < -0.4 is 0 Å². The average Bonchev–Trinajstić information content (AvgIpc) is 3.31. The number of allylic oxidation sites excluding steroid dienone is 2. The summed E-state index contributed by atoms with van der Waals surface area (Å²) in [7, 11) is 0. The first kappa shape index (κ1) is 16.2. The van der Waals surface area contributed by atoms with Crippen LogP contribution in [0, 0.1) is 0 Å². The molecule has 1 aromatic carbocycles. The van der Waals surface area contributed by atoms with E-state index in [0.717, 1.165) is 46.8 Å². The number of hydrogen-bond donors (Lipinski definition) is 2. The standard InChI is InChI=1S/C22H19ClN4/c23-21-12-15(19-14-26-22-18(19)5-3-9-24-22)7-10-27(21)11-8-16-13-25-20-6-2-1-4-17(16)20/h1-7,9,12-14,25H,8,10-11H2,(H,24,26). The first-order valence-electron chi connectivity index (χ1n) is 9.09. The number of para-hydroxylation sites is 1. The van der Waals surface area contributed by atoms with Gasteiger partial charge >= 0.3 is 0 Å². The second kappa shape index (κ2) is 6.63. The Morgan fingerprint density at radius 1 is 1.04 bits per heavy atom. The van der Waals surface area contributed by atoms with Crippen LogP contribution in [0.15, 0.2) is 72.3 Å². The maximum Gasteiger partial charge on any atom is 0.137 e. The molecule has 3 aromatic heterocycles. The van der Waals surface area contributed by atoms with Crippen molar-refractivity contribution in [2.45, 2.75) is 6.42 Å². The second-order valence-corrected chi connectivity index (χ2v) is 7.17. The highest BCUT2D eigenvalue weighted by molar-refractivity contribution is 6.30. The number of fused-ring (bicyclic) bond motifs is 2. The van der Waals surface area contributed by atoms with Crippen molar-refractivity contribution in [3.05, 3.63) is 83.4 Å². The van der Waals surface area contributed by atoms with Gasteiger partial charge in [0, 0.05) is 53.5 Å². The molecule has 0 radical (unpaired) electrons. The molecular weight excluding hydrogens is 356 g/mol. The number of aromatic amines is 2. The number of aromatic nitrogens is 3. The van der Waals surface area contributed by atoms with E-state index in [1.54, 1.807) is 6.20 Å². The third-order valence-electron chi connectivity index (χ3n) is 5.20. The predicted molar refractivity (Wildman–Crippen MR) is 112 cm³/mol. The van der Waals surface area contributed by atoms with Gasteiger partial charge in [0.05, 0.1) is 0 Å². The number of benzene rings is 1. The number of rotatable bonds is 4. The van der Waals surface area contributed by atoms with Crippen molar-refractivity contribution in [2.24, 2.45) is 0 Å². The van der Waals surface area contributed by atoms with Crippen molar-refractivity contribution in [3.63, 3.8) is 0 Å². The van der Waals surface area contributed by atoms with Crippen LogP contribution in [0.1, 0.15) is 11.1 Å². The Hall–Kier alpha value is -2.98. The average molecular weight is 375 g/mol. The van der Waals surface area contributed by atoms with Gasteiger partial charge in [0.1, 0.15) is 10.8 Å². The molecule has 0 fully saturated rings. The van der Waals surface area contributed by atoms with E-state index in [1.807, 2.05) is 12.3 Å². The molecule has 4 heterocycles. The number of hydrogen-bond acceptors (Lipinski definition) is 2. The van der Waals surface area contributed by atoms with E-state index in [-0.39, 0.29) is 0 Å². The Morgan fingerprint density at radius 3 is 2.85 bits per heavy atom. The zero-order valence-corrected chi connectivity index (χ0v) is 15.5. The summed E-state index contributed by atoms with van der Waals surface area (Å²) in [5.74, 6) is 0. The number of nitrogens with one attached hydrogen (secondary N) is 2. The molecule has 134 valence electrons. The number of halogens is 1. The van der Waals surface area contributed by atoms with E-state index >= 15 is 0 Å². The van der Waals surface area contributed by atoms with E-state index in [9.17, 15) is 0 Å². The molecule has 0 aliphatic carbocycles. The topological polar surface area (TPSA) is 47.7 Å². The normalized spacial score (nSPS) is 14.6. The lowest BCUT2D eigenvalue weighted by Gasteiger charge is -2.26. The van der Waals surface area contributed by atoms with Crippen LogP contribution in [0.4, 0.5) is 0 Å². The lowest BCUT2D eigenvalue weighted by molar-refractivity contribution is 0.405. The smallest absolute Gasteiger partial charge is 0.137 e. The molecule has 0 atom stereocenters. The monoisotopic (exact) mass is 374 g/mol. The maximum atomic E-state index is 6.62. The van der Waals surface area contributed by atoms with Gasteiger partial charge in [0.15, 0.2) is 0 Å². The minimum atomic E-state index is 0.783. The summed E-state index contributed by atoms with van der Waals surface area (Å²) in [4.78, 5) is 13.1. The van der Waals surface area contributed by atoms with Crippen molar-refractivity contribution < 1.29 is 0 Å². The fourth-order valence-electron chi connectivity index (χ4n) is 3.75. The second-order valence-electron chi connectivity index (χ2n) is 6.78. The minimum absolute atomic E-state index is 0.783.